The van der Waals surface area contributed by atoms with Crippen molar-refractivity contribution in [3.8, 4) is 0 Å². The highest BCUT2D eigenvalue weighted by atomic mass is 31.2. The van der Waals surface area contributed by atoms with Crippen molar-refractivity contribution in [2.24, 2.45) is 0 Å². The molecule has 0 saturated carbocycles. The van der Waals surface area contributed by atoms with Crippen LogP contribution in [-0.4, -0.2) is 91.1 Å². The predicted octanol–water partition coefficient (Wildman–Crippen LogP) is 2.44. The molecule has 32 heavy (non-hydrogen) atoms. The van der Waals surface area contributed by atoms with Crippen LogP contribution in [0.15, 0.2) is 0 Å². The normalized spacial score (nSPS) is 12.4. The van der Waals surface area contributed by atoms with Gasteiger partial charge in [0.1, 0.15) is 12.6 Å². The molecule has 192 valence electrons. The summed E-state index contributed by atoms with van der Waals surface area (Å²) in [6.45, 7) is 7.00. The second-order valence-electron chi connectivity index (χ2n) is 7.29. The zero-order valence-electron chi connectivity index (χ0n) is 20.4. The lowest BCUT2D eigenvalue weighted by Gasteiger charge is -2.27. The van der Waals surface area contributed by atoms with E-state index in [4.69, 9.17) is 18.1 Å². The van der Waals surface area contributed by atoms with Crippen LogP contribution in [0.3, 0.4) is 0 Å². The van der Waals surface area contributed by atoms with Gasteiger partial charge in [0.15, 0.2) is 0 Å². The summed E-state index contributed by atoms with van der Waals surface area (Å²) in [7, 11) is -1.56. The van der Waals surface area contributed by atoms with Crippen molar-refractivity contribution in [2.75, 3.05) is 80.3 Å². The Morgan fingerprint density at radius 1 is 0.750 bits per heavy atom. The summed E-state index contributed by atoms with van der Waals surface area (Å²) >= 11 is 0. The van der Waals surface area contributed by atoms with E-state index in [1.165, 1.54) is 28.4 Å². The second kappa shape index (κ2) is 19.0. The van der Waals surface area contributed by atoms with Crippen molar-refractivity contribution in [1.29, 1.82) is 0 Å². The molecule has 0 rings (SSSR count). The monoisotopic (exact) mass is 502 g/mol. The van der Waals surface area contributed by atoms with Crippen LogP contribution in [0.2, 0.25) is 0 Å². The Morgan fingerprint density at radius 2 is 1.22 bits per heavy atom. The van der Waals surface area contributed by atoms with Gasteiger partial charge >= 0.3 is 15.2 Å². The lowest BCUT2D eigenvalue weighted by molar-refractivity contribution is -0.121. The van der Waals surface area contributed by atoms with E-state index < -0.39 is 15.2 Å². The van der Waals surface area contributed by atoms with Gasteiger partial charge in [-0.05, 0) is 58.4 Å². The van der Waals surface area contributed by atoms with Gasteiger partial charge in [0.05, 0.1) is 0 Å². The summed E-state index contributed by atoms with van der Waals surface area (Å²) in [4.78, 5) is 13.7. The number of nitrogens with zero attached hydrogens (tertiary/aromatic N) is 1. The van der Waals surface area contributed by atoms with E-state index in [2.05, 4.69) is 22.9 Å². The van der Waals surface area contributed by atoms with Gasteiger partial charge in [-0.1, -0.05) is 6.92 Å². The zero-order valence-corrected chi connectivity index (χ0v) is 22.2. The van der Waals surface area contributed by atoms with Gasteiger partial charge in [0.25, 0.3) is 0 Å². The molecule has 0 spiro atoms. The third-order valence-corrected chi connectivity index (χ3v) is 8.44. The molecule has 0 atom stereocenters. The lowest BCUT2D eigenvalue weighted by atomic mass is 10.3. The molecule has 0 fully saturated rings. The van der Waals surface area contributed by atoms with Crippen LogP contribution in [0.25, 0.3) is 0 Å². The molecule has 1 amide bonds. The quantitative estimate of drug-likeness (QED) is 0.150. The molecule has 0 radical (unpaired) electrons. The Kier molecular flexibility index (Phi) is 18.8. The van der Waals surface area contributed by atoms with Gasteiger partial charge in [-0.25, -0.2) is 0 Å². The first kappa shape index (κ1) is 31.6. The first-order chi connectivity index (χ1) is 15.3. The molecule has 0 aliphatic rings. The fraction of sp³-hybridized carbons (Fsp3) is 0.947. The first-order valence-corrected chi connectivity index (χ1v) is 14.5. The van der Waals surface area contributed by atoms with Gasteiger partial charge in [-0.2, -0.15) is 0 Å². The van der Waals surface area contributed by atoms with Crippen LogP contribution in [0, 0.1) is 0 Å². The Balaban J connectivity index is 4.21. The number of amides is 1. The van der Waals surface area contributed by atoms with Gasteiger partial charge < -0.3 is 34.0 Å². The number of rotatable bonds is 22. The highest BCUT2D eigenvalue weighted by molar-refractivity contribution is 7.54. The molecule has 0 saturated heterocycles. The Hall–Kier alpha value is -0.350. The summed E-state index contributed by atoms with van der Waals surface area (Å²) in [5, 5.41) is 9.62. The van der Waals surface area contributed by atoms with Crippen LogP contribution in [-0.2, 0) is 32.0 Å². The SMILES string of the molecule is CCCNCCCNCCCNC(=O)CCCN(CP(=O)(OC)OC)CP(=O)(OC)OC. The highest BCUT2D eigenvalue weighted by Crippen LogP contribution is 2.51. The fourth-order valence-corrected chi connectivity index (χ4v) is 5.19. The van der Waals surface area contributed by atoms with Crippen LogP contribution in [0.4, 0.5) is 0 Å². The third-order valence-electron chi connectivity index (χ3n) is 4.72. The number of carbonyl (C=O) groups is 1. The topological polar surface area (TPSA) is 127 Å². The fourth-order valence-electron chi connectivity index (χ4n) is 2.81. The Labute approximate surface area is 193 Å². The van der Waals surface area contributed by atoms with Crippen molar-refractivity contribution in [3.63, 3.8) is 0 Å². The average molecular weight is 503 g/mol. The van der Waals surface area contributed by atoms with E-state index in [1.54, 1.807) is 4.90 Å². The summed E-state index contributed by atoms with van der Waals surface area (Å²) < 4.78 is 44.9. The van der Waals surface area contributed by atoms with Crippen molar-refractivity contribution >= 4 is 21.1 Å². The van der Waals surface area contributed by atoms with Gasteiger partial charge in [-0.3, -0.25) is 18.8 Å². The number of hydrogen-bond donors (Lipinski definition) is 3. The standard InChI is InChI=1S/C19H44N4O7P2/c1-6-11-20-12-8-13-21-14-9-15-22-19(24)10-7-16-23(17-31(25,27-2)28-3)18-32(26,29-4)30-5/h20-21H,6-18H2,1-5H3,(H,22,24). The first-order valence-electron chi connectivity index (χ1n) is 11.1. The van der Waals surface area contributed by atoms with E-state index in [-0.39, 0.29) is 18.5 Å². The van der Waals surface area contributed by atoms with Crippen molar-refractivity contribution in [3.05, 3.63) is 0 Å². The van der Waals surface area contributed by atoms with Gasteiger partial charge in [0.2, 0.25) is 5.91 Å². The van der Waals surface area contributed by atoms with Gasteiger partial charge in [0, 0.05) is 41.4 Å². The molecule has 0 aromatic heterocycles. The van der Waals surface area contributed by atoms with Crippen LogP contribution in [0.1, 0.15) is 39.0 Å². The van der Waals surface area contributed by atoms with E-state index in [1.807, 2.05) is 0 Å². The zero-order chi connectivity index (χ0) is 24.3. The number of carbonyl (C=O) groups excluding carboxylic acids is 1. The molecule has 11 nitrogen and oxygen atoms in total. The van der Waals surface area contributed by atoms with Crippen molar-refractivity contribution in [2.45, 2.75) is 39.0 Å². The van der Waals surface area contributed by atoms with E-state index in [0.717, 1.165) is 45.4 Å². The van der Waals surface area contributed by atoms with E-state index in [9.17, 15) is 13.9 Å². The summed E-state index contributed by atoms with van der Waals surface area (Å²) in [5.41, 5.74) is 0. The van der Waals surface area contributed by atoms with E-state index in [0.29, 0.717) is 25.9 Å². The van der Waals surface area contributed by atoms with Crippen LogP contribution < -0.4 is 16.0 Å². The highest BCUT2D eigenvalue weighted by Gasteiger charge is 2.31. The minimum atomic E-state index is -3.37. The molecular formula is C19H44N4O7P2. The molecule has 13 heteroatoms. The number of hydrogen-bond acceptors (Lipinski definition) is 10. The molecule has 0 aromatic carbocycles. The summed E-state index contributed by atoms with van der Waals surface area (Å²) in [5.74, 6) is -0.0583. The molecule has 0 heterocycles. The summed E-state index contributed by atoms with van der Waals surface area (Å²) in [6, 6.07) is 0. The van der Waals surface area contributed by atoms with Gasteiger partial charge in [-0.15, -0.1) is 0 Å². The molecule has 0 aliphatic carbocycles. The Morgan fingerprint density at radius 3 is 1.69 bits per heavy atom. The summed E-state index contributed by atoms with van der Waals surface area (Å²) in [6.07, 6.45) is 3.69. The predicted molar refractivity (Wildman–Crippen MR) is 127 cm³/mol. The van der Waals surface area contributed by atoms with Crippen LogP contribution >= 0.6 is 15.2 Å². The van der Waals surface area contributed by atoms with Crippen LogP contribution in [0.5, 0.6) is 0 Å². The molecule has 3 N–H and O–H groups in total. The smallest absolute Gasteiger partial charge is 0.344 e. The molecule has 0 aromatic rings. The number of nitrogens with one attached hydrogen (secondary N) is 3. The maximum absolute atomic E-state index is 12.5. The molecule has 0 unspecified atom stereocenters. The second-order valence-corrected chi connectivity index (χ2v) is 11.8. The minimum Gasteiger partial charge on any atom is -0.356 e. The third kappa shape index (κ3) is 15.5. The van der Waals surface area contributed by atoms with Crippen molar-refractivity contribution < 1.29 is 32.0 Å². The average Bonchev–Trinajstić information content (AvgIpc) is 2.79. The lowest BCUT2D eigenvalue weighted by Crippen LogP contribution is -2.31. The maximum Gasteiger partial charge on any atom is 0.344 e. The minimum absolute atomic E-state index is 0.0583. The van der Waals surface area contributed by atoms with Crippen molar-refractivity contribution in [1.82, 2.24) is 20.9 Å². The molecular weight excluding hydrogens is 458 g/mol. The molecule has 0 bridgehead atoms. The Bertz CT molecular complexity index is 540. The largest absolute Gasteiger partial charge is 0.356 e. The maximum atomic E-state index is 12.5. The van der Waals surface area contributed by atoms with E-state index >= 15 is 0 Å². The molecule has 0 aliphatic heterocycles.